The smallest absolute Gasteiger partial charge is 0.382 e. The van der Waals surface area contributed by atoms with Crippen LogP contribution in [0.1, 0.15) is 18.9 Å². The summed E-state index contributed by atoms with van der Waals surface area (Å²) in [5, 5.41) is 5.16. The van der Waals surface area contributed by atoms with E-state index >= 15 is 0 Å². The van der Waals surface area contributed by atoms with Crippen molar-refractivity contribution in [3.63, 3.8) is 0 Å². The molecule has 3 amide bonds. The molecule has 1 aromatic rings. The van der Waals surface area contributed by atoms with Gasteiger partial charge in [0.1, 0.15) is 0 Å². The van der Waals surface area contributed by atoms with Crippen molar-refractivity contribution in [1.82, 2.24) is 15.1 Å². The minimum Gasteiger partial charge on any atom is -0.382 e. The van der Waals surface area contributed by atoms with Crippen molar-refractivity contribution in [3.8, 4) is 0 Å². The number of halogens is 3. The molecule has 0 atom stereocenters. The van der Waals surface area contributed by atoms with Crippen LogP contribution >= 0.6 is 0 Å². The fourth-order valence-electron chi connectivity index (χ4n) is 2.97. The first-order valence-corrected chi connectivity index (χ1v) is 9.60. The maximum Gasteiger partial charge on any atom is 0.418 e. The topological polar surface area (TPSA) is 73.9 Å². The Hall–Kier alpha value is -2.33. The second-order valence-corrected chi connectivity index (χ2v) is 6.64. The summed E-state index contributed by atoms with van der Waals surface area (Å²) < 4.78 is 44.2. The molecule has 0 unspecified atom stereocenters. The first-order chi connectivity index (χ1) is 13.8. The highest BCUT2D eigenvalue weighted by molar-refractivity contribution is 5.93. The zero-order valence-electron chi connectivity index (χ0n) is 16.4. The molecule has 2 N–H and O–H groups in total. The summed E-state index contributed by atoms with van der Waals surface area (Å²) in [7, 11) is 0. The zero-order chi connectivity index (χ0) is 21.3. The van der Waals surface area contributed by atoms with Crippen molar-refractivity contribution in [3.05, 3.63) is 29.8 Å². The molecule has 0 aliphatic carbocycles. The molecule has 1 aromatic carbocycles. The number of anilines is 1. The summed E-state index contributed by atoms with van der Waals surface area (Å²) >= 11 is 0. The minimum absolute atomic E-state index is 0.0317. The molecule has 0 radical (unpaired) electrons. The van der Waals surface area contributed by atoms with E-state index in [1.165, 1.54) is 18.2 Å². The monoisotopic (exact) mass is 416 g/mol. The van der Waals surface area contributed by atoms with Crippen molar-refractivity contribution < 1.29 is 27.5 Å². The van der Waals surface area contributed by atoms with Crippen molar-refractivity contribution in [2.75, 3.05) is 57.8 Å². The van der Waals surface area contributed by atoms with Gasteiger partial charge in [0, 0.05) is 45.9 Å². The highest BCUT2D eigenvalue weighted by Gasteiger charge is 2.33. The summed E-state index contributed by atoms with van der Waals surface area (Å²) in [6.45, 7) is 5.49. The third-order valence-corrected chi connectivity index (χ3v) is 4.48. The van der Waals surface area contributed by atoms with Gasteiger partial charge in [0.05, 0.1) is 17.8 Å². The molecule has 29 heavy (non-hydrogen) atoms. The fourth-order valence-corrected chi connectivity index (χ4v) is 2.97. The van der Waals surface area contributed by atoms with Gasteiger partial charge in [-0.25, -0.2) is 4.79 Å². The maximum atomic E-state index is 13.0. The maximum absolute atomic E-state index is 13.0. The van der Waals surface area contributed by atoms with Crippen LogP contribution in [0.25, 0.3) is 0 Å². The first-order valence-electron chi connectivity index (χ1n) is 9.60. The van der Waals surface area contributed by atoms with E-state index in [4.69, 9.17) is 4.74 Å². The Morgan fingerprint density at radius 3 is 2.48 bits per heavy atom. The molecule has 1 aliphatic rings. The van der Waals surface area contributed by atoms with Crippen molar-refractivity contribution in [2.24, 2.45) is 0 Å². The molecule has 0 saturated carbocycles. The van der Waals surface area contributed by atoms with E-state index in [-0.39, 0.29) is 18.3 Å². The van der Waals surface area contributed by atoms with E-state index in [1.807, 2.05) is 11.8 Å². The SMILES string of the molecule is CCOCCCNC(=O)N1CCN(CC(=O)Nc2ccccc2C(F)(F)F)CC1. The molecule has 0 bridgehead atoms. The Kier molecular flexibility index (Phi) is 8.71. The molecular formula is C19H27F3N4O3. The van der Waals surface area contributed by atoms with Gasteiger partial charge in [0.2, 0.25) is 5.91 Å². The van der Waals surface area contributed by atoms with E-state index < -0.39 is 17.6 Å². The zero-order valence-corrected chi connectivity index (χ0v) is 16.4. The number of piperazine rings is 1. The molecule has 1 heterocycles. The number of hydrogen-bond acceptors (Lipinski definition) is 4. The molecular weight excluding hydrogens is 389 g/mol. The number of benzene rings is 1. The highest BCUT2D eigenvalue weighted by atomic mass is 19.4. The Labute approximate surface area is 168 Å². The number of amides is 3. The van der Waals surface area contributed by atoms with Crippen LogP contribution in [0.3, 0.4) is 0 Å². The van der Waals surface area contributed by atoms with Gasteiger partial charge in [0.15, 0.2) is 0 Å². The van der Waals surface area contributed by atoms with Crippen molar-refractivity contribution in [1.29, 1.82) is 0 Å². The number of nitrogens with one attached hydrogen (secondary N) is 2. The standard InChI is InChI=1S/C19H27F3N4O3/c1-2-29-13-5-8-23-18(28)26-11-9-25(10-12-26)14-17(27)24-16-7-4-3-6-15(16)19(20,21)22/h3-4,6-7H,2,5,8-14H2,1H3,(H,23,28)(H,24,27). The number of para-hydroxylation sites is 1. The molecule has 10 heteroatoms. The summed E-state index contributed by atoms with van der Waals surface area (Å²) in [6, 6.07) is 4.72. The number of ether oxygens (including phenoxy) is 1. The molecule has 0 spiro atoms. The van der Waals surface area contributed by atoms with Crippen LogP contribution in [0, 0.1) is 0 Å². The number of hydrogen-bond donors (Lipinski definition) is 2. The van der Waals surface area contributed by atoms with Crippen LogP contribution in [-0.4, -0.2) is 74.2 Å². The number of rotatable bonds is 8. The number of urea groups is 1. The van der Waals surface area contributed by atoms with Crippen molar-refractivity contribution in [2.45, 2.75) is 19.5 Å². The lowest BCUT2D eigenvalue weighted by Crippen LogP contribution is -2.53. The van der Waals surface area contributed by atoms with E-state index in [0.29, 0.717) is 45.9 Å². The lowest BCUT2D eigenvalue weighted by molar-refractivity contribution is -0.137. The number of nitrogens with zero attached hydrogens (tertiary/aromatic N) is 2. The average molecular weight is 416 g/mol. The van der Waals surface area contributed by atoms with Gasteiger partial charge in [-0.2, -0.15) is 13.2 Å². The van der Waals surface area contributed by atoms with Crippen LogP contribution in [0.15, 0.2) is 24.3 Å². The van der Waals surface area contributed by atoms with E-state index in [2.05, 4.69) is 10.6 Å². The second-order valence-electron chi connectivity index (χ2n) is 6.64. The summed E-state index contributed by atoms with van der Waals surface area (Å²) in [5.74, 6) is -0.518. The van der Waals surface area contributed by atoms with Gasteiger partial charge in [0.25, 0.3) is 0 Å². The predicted octanol–water partition coefficient (Wildman–Crippen LogP) is 2.40. The summed E-state index contributed by atoms with van der Waals surface area (Å²) in [5.41, 5.74) is -1.13. The molecule has 1 saturated heterocycles. The van der Waals surface area contributed by atoms with E-state index in [1.54, 1.807) is 4.90 Å². The lowest BCUT2D eigenvalue weighted by Gasteiger charge is -2.34. The Bertz CT molecular complexity index is 677. The third-order valence-electron chi connectivity index (χ3n) is 4.48. The fraction of sp³-hybridized carbons (Fsp3) is 0.579. The minimum atomic E-state index is -4.54. The Morgan fingerprint density at radius 2 is 1.83 bits per heavy atom. The van der Waals surface area contributed by atoms with Gasteiger partial charge in [-0.05, 0) is 25.5 Å². The normalized spacial score (nSPS) is 15.2. The molecule has 162 valence electrons. The molecule has 1 aliphatic heterocycles. The first kappa shape index (κ1) is 23.0. The largest absolute Gasteiger partial charge is 0.418 e. The lowest BCUT2D eigenvalue weighted by atomic mass is 10.1. The van der Waals surface area contributed by atoms with Crippen LogP contribution < -0.4 is 10.6 Å². The van der Waals surface area contributed by atoms with E-state index in [0.717, 1.165) is 12.5 Å². The quantitative estimate of drug-likeness (QED) is 0.639. The molecule has 1 fully saturated rings. The number of carbonyl (C=O) groups excluding carboxylic acids is 2. The van der Waals surface area contributed by atoms with Gasteiger partial charge < -0.3 is 20.3 Å². The number of carbonyl (C=O) groups is 2. The van der Waals surface area contributed by atoms with Crippen LogP contribution in [-0.2, 0) is 15.7 Å². The van der Waals surface area contributed by atoms with Gasteiger partial charge >= 0.3 is 12.2 Å². The Balaban J connectivity index is 1.74. The van der Waals surface area contributed by atoms with E-state index in [9.17, 15) is 22.8 Å². The van der Waals surface area contributed by atoms with Crippen LogP contribution in [0.4, 0.5) is 23.7 Å². The van der Waals surface area contributed by atoms with Gasteiger partial charge in [-0.15, -0.1) is 0 Å². The van der Waals surface area contributed by atoms with Crippen molar-refractivity contribution >= 4 is 17.6 Å². The van der Waals surface area contributed by atoms with Crippen LogP contribution in [0.5, 0.6) is 0 Å². The number of alkyl halides is 3. The molecule has 7 nitrogen and oxygen atoms in total. The summed E-state index contributed by atoms with van der Waals surface area (Å²) in [6.07, 6.45) is -3.80. The van der Waals surface area contributed by atoms with Gasteiger partial charge in [-0.3, -0.25) is 9.69 Å². The second kappa shape index (κ2) is 11.0. The molecule has 2 rings (SSSR count). The van der Waals surface area contributed by atoms with Crippen LogP contribution in [0.2, 0.25) is 0 Å². The Morgan fingerprint density at radius 1 is 1.14 bits per heavy atom. The molecule has 0 aromatic heterocycles. The summed E-state index contributed by atoms with van der Waals surface area (Å²) in [4.78, 5) is 27.8. The average Bonchev–Trinajstić information content (AvgIpc) is 2.67. The van der Waals surface area contributed by atoms with Gasteiger partial charge in [-0.1, -0.05) is 12.1 Å². The third kappa shape index (κ3) is 7.54. The predicted molar refractivity (Wildman–Crippen MR) is 103 cm³/mol. The highest BCUT2D eigenvalue weighted by Crippen LogP contribution is 2.34.